The third kappa shape index (κ3) is 3.43. The number of pyridine rings is 1. The van der Waals surface area contributed by atoms with Gasteiger partial charge in [-0.1, -0.05) is 25.7 Å². The molecular weight excluding hydrogens is 260 g/mol. The summed E-state index contributed by atoms with van der Waals surface area (Å²) in [6.45, 7) is 0. The molecule has 0 saturated heterocycles. The van der Waals surface area contributed by atoms with Crippen LogP contribution in [0.25, 0.3) is 0 Å². The zero-order valence-electron chi connectivity index (χ0n) is 11.2. The fourth-order valence-corrected chi connectivity index (χ4v) is 2.48. The van der Waals surface area contributed by atoms with Gasteiger partial charge < -0.3 is 11.1 Å². The van der Waals surface area contributed by atoms with Crippen LogP contribution in [0.5, 0.6) is 0 Å². The van der Waals surface area contributed by atoms with Crippen molar-refractivity contribution in [3.05, 3.63) is 27.9 Å². The summed E-state index contributed by atoms with van der Waals surface area (Å²) in [5, 5.41) is 13.8. The highest BCUT2D eigenvalue weighted by Gasteiger charge is 2.23. The summed E-state index contributed by atoms with van der Waals surface area (Å²) in [5.74, 6) is -0.348. The van der Waals surface area contributed by atoms with Crippen LogP contribution in [0.1, 0.15) is 48.9 Å². The first-order chi connectivity index (χ1) is 9.58. The molecule has 1 fully saturated rings. The van der Waals surface area contributed by atoms with Gasteiger partial charge in [-0.05, 0) is 18.9 Å². The molecule has 0 aromatic carbocycles. The van der Waals surface area contributed by atoms with Gasteiger partial charge in [-0.25, -0.2) is 4.98 Å². The van der Waals surface area contributed by atoms with Gasteiger partial charge >= 0.3 is 0 Å². The molecule has 0 bridgehead atoms. The number of aromatic nitrogens is 1. The van der Waals surface area contributed by atoms with Gasteiger partial charge in [0, 0.05) is 6.04 Å². The van der Waals surface area contributed by atoms with E-state index < -0.39 is 10.8 Å². The molecule has 108 valence electrons. The van der Waals surface area contributed by atoms with E-state index in [2.05, 4.69) is 10.3 Å². The van der Waals surface area contributed by atoms with Crippen LogP contribution in [0.2, 0.25) is 0 Å². The van der Waals surface area contributed by atoms with Gasteiger partial charge in [0.25, 0.3) is 11.6 Å². The first kappa shape index (κ1) is 14.2. The van der Waals surface area contributed by atoms with Crippen molar-refractivity contribution in [3.63, 3.8) is 0 Å². The first-order valence-corrected chi connectivity index (χ1v) is 6.78. The third-order valence-electron chi connectivity index (χ3n) is 3.54. The Labute approximate surface area is 116 Å². The van der Waals surface area contributed by atoms with E-state index in [1.54, 1.807) is 0 Å². The number of carbonyl (C=O) groups is 1. The molecule has 0 aliphatic heterocycles. The maximum atomic E-state index is 12.2. The summed E-state index contributed by atoms with van der Waals surface area (Å²) in [6, 6.07) is 1.34. The molecule has 1 aromatic heterocycles. The van der Waals surface area contributed by atoms with Crippen molar-refractivity contribution in [2.75, 3.05) is 5.73 Å². The summed E-state index contributed by atoms with van der Waals surface area (Å²) in [7, 11) is 0. The second kappa shape index (κ2) is 6.31. The summed E-state index contributed by atoms with van der Waals surface area (Å²) < 4.78 is 0. The summed E-state index contributed by atoms with van der Waals surface area (Å²) in [6.07, 6.45) is 7.36. The predicted octanol–water partition coefficient (Wildman–Crippen LogP) is 2.02. The van der Waals surface area contributed by atoms with Crippen molar-refractivity contribution in [3.8, 4) is 0 Å². The van der Waals surface area contributed by atoms with Gasteiger partial charge in [0.1, 0.15) is 17.6 Å². The average Bonchev–Trinajstić information content (AvgIpc) is 2.66. The van der Waals surface area contributed by atoms with E-state index in [1.807, 2.05) is 0 Å². The van der Waals surface area contributed by atoms with Gasteiger partial charge in [0.2, 0.25) is 0 Å². The van der Waals surface area contributed by atoms with E-state index in [-0.39, 0.29) is 23.1 Å². The Bertz CT molecular complexity index is 510. The highest BCUT2D eigenvalue weighted by Crippen LogP contribution is 2.21. The number of nitrogens with zero attached hydrogens (tertiary/aromatic N) is 2. The van der Waals surface area contributed by atoms with Crippen molar-refractivity contribution in [2.24, 2.45) is 0 Å². The minimum Gasteiger partial charge on any atom is -0.384 e. The second-order valence-corrected chi connectivity index (χ2v) is 5.05. The van der Waals surface area contributed by atoms with Crippen molar-refractivity contribution in [2.45, 2.75) is 44.6 Å². The molecule has 1 amide bonds. The Kier molecular flexibility index (Phi) is 4.49. The molecule has 7 nitrogen and oxygen atoms in total. The Hall–Kier alpha value is -2.18. The lowest BCUT2D eigenvalue weighted by Gasteiger charge is -2.16. The van der Waals surface area contributed by atoms with Crippen LogP contribution in [0, 0.1) is 10.1 Å². The molecule has 0 atom stereocenters. The van der Waals surface area contributed by atoms with E-state index in [0.717, 1.165) is 31.9 Å². The van der Waals surface area contributed by atoms with Crippen LogP contribution in [-0.4, -0.2) is 21.9 Å². The first-order valence-electron chi connectivity index (χ1n) is 6.78. The number of carbonyl (C=O) groups excluding carboxylic acids is 1. The number of nitrogen functional groups attached to an aromatic ring is 1. The molecule has 2 rings (SSSR count). The molecule has 3 N–H and O–H groups in total. The largest absolute Gasteiger partial charge is 0.384 e. The van der Waals surface area contributed by atoms with Crippen LogP contribution >= 0.6 is 0 Å². The van der Waals surface area contributed by atoms with Crippen LogP contribution in [-0.2, 0) is 0 Å². The fraction of sp³-hybridized carbons (Fsp3) is 0.538. The Morgan fingerprint density at radius 2 is 2.00 bits per heavy atom. The van der Waals surface area contributed by atoms with Gasteiger partial charge in [0.15, 0.2) is 0 Å². The molecule has 0 unspecified atom stereocenters. The van der Waals surface area contributed by atoms with Crippen molar-refractivity contribution in [1.82, 2.24) is 10.3 Å². The molecule has 1 heterocycles. The van der Waals surface area contributed by atoms with Crippen LogP contribution in [0.3, 0.4) is 0 Å². The number of nitrogens with one attached hydrogen (secondary N) is 1. The molecule has 7 heteroatoms. The zero-order valence-corrected chi connectivity index (χ0v) is 11.2. The van der Waals surface area contributed by atoms with E-state index >= 15 is 0 Å². The average molecular weight is 278 g/mol. The summed E-state index contributed by atoms with van der Waals surface area (Å²) in [5.41, 5.74) is 5.17. The number of rotatable bonds is 3. The maximum Gasteiger partial charge on any atom is 0.300 e. The van der Waals surface area contributed by atoms with E-state index in [1.165, 1.54) is 18.9 Å². The zero-order chi connectivity index (χ0) is 14.5. The summed E-state index contributed by atoms with van der Waals surface area (Å²) >= 11 is 0. The van der Waals surface area contributed by atoms with Crippen molar-refractivity contribution < 1.29 is 9.72 Å². The number of amides is 1. The summed E-state index contributed by atoms with van der Waals surface area (Å²) in [4.78, 5) is 26.2. The highest BCUT2D eigenvalue weighted by atomic mass is 16.6. The number of nitro groups is 1. The Morgan fingerprint density at radius 1 is 1.35 bits per heavy atom. The number of hydrogen-bond donors (Lipinski definition) is 2. The van der Waals surface area contributed by atoms with Crippen LogP contribution < -0.4 is 11.1 Å². The maximum absolute atomic E-state index is 12.2. The minimum absolute atomic E-state index is 0.0215. The molecule has 1 aliphatic rings. The van der Waals surface area contributed by atoms with Gasteiger partial charge in [-0.3, -0.25) is 14.9 Å². The lowest BCUT2D eigenvalue weighted by molar-refractivity contribution is -0.385. The van der Waals surface area contributed by atoms with Gasteiger partial charge in [0.05, 0.1) is 4.92 Å². The van der Waals surface area contributed by atoms with Gasteiger partial charge in [-0.15, -0.1) is 0 Å². The SMILES string of the molecule is Nc1cc(C(=O)NC2CCCCCC2)c([N+](=O)[O-])cn1. The molecule has 1 aromatic rings. The Balaban J connectivity index is 2.15. The van der Waals surface area contributed by atoms with Gasteiger partial charge in [-0.2, -0.15) is 0 Å². The molecule has 0 spiro atoms. The topological polar surface area (TPSA) is 111 Å². The highest BCUT2D eigenvalue weighted by molar-refractivity contribution is 5.98. The lowest BCUT2D eigenvalue weighted by atomic mass is 10.1. The molecular formula is C13H18N4O3. The Morgan fingerprint density at radius 3 is 2.60 bits per heavy atom. The van der Waals surface area contributed by atoms with E-state index in [4.69, 9.17) is 5.73 Å². The lowest BCUT2D eigenvalue weighted by Crippen LogP contribution is -2.34. The number of hydrogen-bond acceptors (Lipinski definition) is 5. The quantitative estimate of drug-likeness (QED) is 0.499. The molecule has 20 heavy (non-hydrogen) atoms. The van der Waals surface area contributed by atoms with E-state index in [0.29, 0.717) is 0 Å². The number of nitrogens with two attached hydrogens (primary N) is 1. The molecule has 0 radical (unpaired) electrons. The number of anilines is 1. The minimum atomic E-state index is -0.617. The second-order valence-electron chi connectivity index (χ2n) is 5.05. The van der Waals surface area contributed by atoms with E-state index in [9.17, 15) is 14.9 Å². The van der Waals surface area contributed by atoms with Crippen LogP contribution in [0.4, 0.5) is 11.5 Å². The standard InChI is InChI=1S/C13H18N4O3/c14-12-7-10(11(8-15-12)17(19)20)13(18)16-9-5-3-1-2-4-6-9/h7-9H,1-6H2,(H2,14,15)(H,16,18). The smallest absolute Gasteiger partial charge is 0.300 e. The molecule has 1 saturated carbocycles. The van der Waals surface area contributed by atoms with Crippen LogP contribution in [0.15, 0.2) is 12.3 Å². The van der Waals surface area contributed by atoms with Crippen molar-refractivity contribution >= 4 is 17.4 Å². The predicted molar refractivity (Wildman–Crippen MR) is 74.3 cm³/mol. The fourth-order valence-electron chi connectivity index (χ4n) is 2.48. The normalized spacial score (nSPS) is 16.4. The van der Waals surface area contributed by atoms with Crippen molar-refractivity contribution in [1.29, 1.82) is 0 Å². The third-order valence-corrected chi connectivity index (χ3v) is 3.54. The monoisotopic (exact) mass is 278 g/mol. The molecule has 1 aliphatic carbocycles.